The maximum atomic E-state index is 11.9. The van der Waals surface area contributed by atoms with Gasteiger partial charge in [0, 0.05) is 18.8 Å². The minimum absolute atomic E-state index is 0.0940. The van der Waals surface area contributed by atoms with Crippen LogP contribution in [0.25, 0.3) is 11.9 Å². The molecule has 0 atom stereocenters. The summed E-state index contributed by atoms with van der Waals surface area (Å²) in [6.45, 7) is 2.46. The summed E-state index contributed by atoms with van der Waals surface area (Å²) in [5.41, 5.74) is 3.28. The van der Waals surface area contributed by atoms with Gasteiger partial charge in [0.15, 0.2) is 5.49 Å². The molecule has 1 aliphatic rings. The van der Waals surface area contributed by atoms with E-state index in [0.717, 1.165) is 22.1 Å². The summed E-state index contributed by atoms with van der Waals surface area (Å²) < 4.78 is 1.91. The van der Waals surface area contributed by atoms with Crippen LogP contribution in [0.1, 0.15) is 15.9 Å². The molecule has 2 aromatic rings. The molecule has 0 aliphatic carbocycles. The lowest BCUT2D eigenvalue weighted by atomic mass is 10.1. The largest absolute Gasteiger partial charge is 0.370 e. The van der Waals surface area contributed by atoms with Crippen LogP contribution >= 0.6 is 0 Å². The SMILES string of the molecule is CNC(=O)c1cccc(-n2cnc3c2=NCNC=3)c1C. The monoisotopic (exact) mass is 269 g/mol. The smallest absolute Gasteiger partial charge is 0.251 e. The predicted molar refractivity (Wildman–Crippen MR) is 74.9 cm³/mol. The molecular weight excluding hydrogens is 254 g/mol. The molecule has 1 aromatic carbocycles. The Labute approximate surface area is 115 Å². The lowest BCUT2D eigenvalue weighted by molar-refractivity contribution is 0.0962. The highest BCUT2D eigenvalue weighted by Crippen LogP contribution is 2.16. The molecule has 0 spiro atoms. The minimum Gasteiger partial charge on any atom is -0.370 e. The third-order valence-corrected chi connectivity index (χ3v) is 3.36. The molecule has 2 heterocycles. The zero-order valence-corrected chi connectivity index (χ0v) is 11.3. The molecule has 20 heavy (non-hydrogen) atoms. The number of benzene rings is 1. The van der Waals surface area contributed by atoms with Crippen molar-refractivity contribution in [1.29, 1.82) is 0 Å². The van der Waals surface area contributed by atoms with Crippen LogP contribution in [0.4, 0.5) is 0 Å². The fourth-order valence-corrected chi connectivity index (χ4v) is 2.32. The van der Waals surface area contributed by atoms with Crippen LogP contribution in [0.2, 0.25) is 0 Å². The molecule has 2 N–H and O–H groups in total. The van der Waals surface area contributed by atoms with E-state index in [1.165, 1.54) is 0 Å². The number of imidazole rings is 1. The first-order valence-electron chi connectivity index (χ1n) is 6.36. The van der Waals surface area contributed by atoms with E-state index in [-0.39, 0.29) is 5.91 Å². The van der Waals surface area contributed by atoms with Gasteiger partial charge in [-0.1, -0.05) is 6.07 Å². The lowest BCUT2D eigenvalue weighted by Gasteiger charge is -2.11. The number of rotatable bonds is 2. The minimum atomic E-state index is -0.0940. The Morgan fingerprint density at radius 1 is 1.45 bits per heavy atom. The fraction of sp³-hybridized carbons (Fsp3) is 0.214. The van der Waals surface area contributed by atoms with Crippen molar-refractivity contribution in [2.24, 2.45) is 4.99 Å². The van der Waals surface area contributed by atoms with Crippen molar-refractivity contribution >= 4 is 12.1 Å². The first-order chi connectivity index (χ1) is 9.72. The van der Waals surface area contributed by atoms with Crippen molar-refractivity contribution in [3.63, 3.8) is 0 Å². The Bertz CT molecular complexity index is 790. The highest BCUT2D eigenvalue weighted by atomic mass is 16.1. The van der Waals surface area contributed by atoms with Gasteiger partial charge < -0.3 is 10.6 Å². The van der Waals surface area contributed by atoms with Crippen molar-refractivity contribution in [3.8, 4) is 5.69 Å². The molecule has 0 radical (unpaired) electrons. The third-order valence-electron chi connectivity index (χ3n) is 3.36. The van der Waals surface area contributed by atoms with Gasteiger partial charge in [0.1, 0.15) is 18.3 Å². The predicted octanol–water partition coefficient (Wildman–Crippen LogP) is -0.541. The van der Waals surface area contributed by atoms with E-state index >= 15 is 0 Å². The summed E-state index contributed by atoms with van der Waals surface area (Å²) in [6.07, 6.45) is 3.57. The summed E-state index contributed by atoms with van der Waals surface area (Å²) in [5.74, 6) is -0.0940. The van der Waals surface area contributed by atoms with Gasteiger partial charge in [0.05, 0.1) is 5.69 Å². The molecule has 0 fully saturated rings. The Morgan fingerprint density at radius 2 is 2.30 bits per heavy atom. The number of hydrogen-bond donors (Lipinski definition) is 2. The van der Waals surface area contributed by atoms with Gasteiger partial charge >= 0.3 is 0 Å². The number of hydrogen-bond acceptors (Lipinski definition) is 4. The molecule has 0 saturated carbocycles. The molecule has 1 amide bonds. The van der Waals surface area contributed by atoms with Crippen LogP contribution in [0.15, 0.2) is 29.5 Å². The van der Waals surface area contributed by atoms with Gasteiger partial charge in [-0.2, -0.15) is 0 Å². The summed E-state index contributed by atoms with van der Waals surface area (Å²) in [7, 11) is 1.63. The van der Waals surface area contributed by atoms with E-state index in [0.29, 0.717) is 12.2 Å². The number of aromatic nitrogens is 2. The van der Waals surface area contributed by atoms with Crippen molar-refractivity contribution < 1.29 is 4.79 Å². The van der Waals surface area contributed by atoms with Gasteiger partial charge in [-0.05, 0) is 24.6 Å². The quantitative estimate of drug-likeness (QED) is 0.769. The van der Waals surface area contributed by atoms with Gasteiger partial charge in [0.25, 0.3) is 5.91 Å². The number of amides is 1. The topological polar surface area (TPSA) is 71.3 Å². The molecule has 6 nitrogen and oxygen atoms in total. The molecule has 6 heteroatoms. The lowest BCUT2D eigenvalue weighted by Crippen LogP contribution is -2.37. The number of nitrogens with zero attached hydrogens (tertiary/aromatic N) is 3. The summed E-state index contributed by atoms with van der Waals surface area (Å²) in [6, 6.07) is 5.64. The number of nitrogens with one attached hydrogen (secondary N) is 2. The second-order valence-corrected chi connectivity index (χ2v) is 4.52. The first kappa shape index (κ1) is 12.4. The third kappa shape index (κ3) is 1.85. The van der Waals surface area contributed by atoms with Crippen molar-refractivity contribution in [1.82, 2.24) is 20.2 Å². The highest BCUT2D eigenvalue weighted by molar-refractivity contribution is 5.96. The van der Waals surface area contributed by atoms with Crippen molar-refractivity contribution in [2.45, 2.75) is 6.92 Å². The van der Waals surface area contributed by atoms with E-state index in [4.69, 9.17) is 0 Å². The highest BCUT2D eigenvalue weighted by Gasteiger charge is 2.13. The van der Waals surface area contributed by atoms with Crippen LogP contribution in [0, 0.1) is 6.92 Å². The summed E-state index contributed by atoms with van der Waals surface area (Å²) >= 11 is 0. The van der Waals surface area contributed by atoms with E-state index in [1.54, 1.807) is 13.4 Å². The normalized spacial score (nSPS) is 12.7. The second-order valence-electron chi connectivity index (χ2n) is 4.52. The zero-order valence-electron chi connectivity index (χ0n) is 11.3. The maximum Gasteiger partial charge on any atom is 0.251 e. The number of carbonyl (C=O) groups is 1. The zero-order chi connectivity index (χ0) is 14.1. The van der Waals surface area contributed by atoms with Crippen LogP contribution < -0.4 is 21.5 Å². The van der Waals surface area contributed by atoms with E-state index in [9.17, 15) is 4.79 Å². The molecule has 1 aromatic heterocycles. The Hall–Kier alpha value is -2.63. The molecule has 0 saturated heterocycles. The molecule has 1 aliphatic heterocycles. The van der Waals surface area contributed by atoms with Crippen LogP contribution in [-0.2, 0) is 0 Å². The van der Waals surface area contributed by atoms with Gasteiger partial charge in [-0.15, -0.1) is 0 Å². The maximum absolute atomic E-state index is 11.9. The van der Waals surface area contributed by atoms with Crippen molar-refractivity contribution in [2.75, 3.05) is 13.7 Å². The van der Waals surface area contributed by atoms with Gasteiger partial charge in [-0.25, -0.2) is 9.98 Å². The average molecular weight is 269 g/mol. The van der Waals surface area contributed by atoms with Crippen molar-refractivity contribution in [3.05, 3.63) is 46.5 Å². The average Bonchev–Trinajstić information content (AvgIpc) is 2.90. The molecule has 3 rings (SSSR count). The second kappa shape index (κ2) is 4.80. The van der Waals surface area contributed by atoms with Gasteiger partial charge in [0.2, 0.25) is 0 Å². The number of carbonyl (C=O) groups excluding carboxylic acids is 1. The van der Waals surface area contributed by atoms with E-state index in [2.05, 4.69) is 20.6 Å². The Morgan fingerprint density at radius 3 is 3.10 bits per heavy atom. The first-order valence-corrected chi connectivity index (χ1v) is 6.36. The summed E-state index contributed by atoms with van der Waals surface area (Å²) in [5, 5.41) is 6.49. The Balaban J connectivity index is 2.22. The van der Waals surface area contributed by atoms with Crippen LogP contribution in [-0.4, -0.2) is 29.2 Å². The van der Waals surface area contributed by atoms with Crippen LogP contribution in [0.5, 0.6) is 0 Å². The molecule has 0 bridgehead atoms. The number of fused-ring (bicyclic) bond motifs is 1. The van der Waals surface area contributed by atoms with Gasteiger partial charge in [-0.3, -0.25) is 9.36 Å². The molecular formula is C14H15N5O. The fourth-order valence-electron chi connectivity index (χ4n) is 2.32. The van der Waals surface area contributed by atoms with Crippen LogP contribution in [0.3, 0.4) is 0 Å². The van der Waals surface area contributed by atoms with E-state index < -0.39 is 0 Å². The molecule has 102 valence electrons. The summed E-state index contributed by atoms with van der Waals surface area (Å²) in [4.78, 5) is 20.6. The standard InChI is InChI=1S/C14H15N5O/c1-9-10(14(20)15-2)4-3-5-12(9)19-8-18-11-6-16-7-17-13(11)19/h3-6,8,16H,7H2,1-2H3,(H,15,20). The van der Waals surface area contributed by atoms with E-state index in [1.807, 2.05) is 35.9 Å². The Kier molecular flexibility index (Phi) is 2.98. The molecule has 0 unspecified atom stereocenters.